The van der Waals surface area contributed by atoms with Gasteiger partial charge >= 0.3 is 11.6 Å². The van der Waals surface area contributed by atoms with Crippen LogP contribution in [-0.2, 0) is 6.42 Å². The predicted molar refractivity (Wildman–Crippen MR) is 101 cm³/mol. The number of nitrogens with zero attached hydrogens (tertiary/aromatic N) is 2. The zero-order valence-electron chi connectivity index (χ0n) is 14.8. The van der Waals surface area contributed by atoms with E-state index >= 15 is 0 Å². The van der Waals surface area contributed by atoms with Gasteiger partial charge in [-0.05, 0) is 29.8 Å². The van der Waals surface area contributed by atoms with Crippen molar-refractivity contribution in [2.45, 2.75) is 6.42 Å². The lowest BCUT2D eigenvalue weighted by molar-refractivity contribution is 0.102. The fourth-order valence-electron chi connectivity index (χ4n) is 2.68. The van der Waals surface area contributed by atoms with Crippen LogP contribution < -0.4 is 15.7 Å². The van der Waals surface area contributed by atoms with E-state index in [0.29, 0.717) is 23.3 Å². The molecule has 1 amide bonds. The maximum Gasteiger partial charge on any atom is 0.349 e. The summed E-state index contributed by atoms with van der Waals surface area (Å²) in [6, 6.07) is 15.7. The molecule has 0 radical (unpaired) electrons. The Hall–Kier alpha value is -3.94. The summed E-state index contributed by atoms with van der Waals surface area (Å²) in [7, 11) is 1.60. The number of aromatic nitrogens is 2. The molecule has 0 saturated heterocycles. The molecule has 0 saturated carbocycles. The number of methoxy groups -OCH3 is 1. The first kappa shape index (κ1) is 17.5. The van der Waals surface area contributed by atoms with Crippen molar-refractivity contribution >= 4 is 22.9 Å². The summed E-state index contributed by atoms with van der Waals surface area (Å²) in [6.07, 6.45) is 0.394. The highest BCUT2D eigenvalue weighted by Gasteiger charge is 2.17. The summed E-state index contributed by atoms with van der Waals surface area (Å²) in [5.41, 5.74) is 0.462. The minimum absolute atomic E-state index is 0.0962. The average molecular weight is 377 g/mol. The van der Waals surface area contributed by atoms with Gasteiger partial charge in [0, 0.05) is 5.39 Å². The first-order valence-electron chi connectivity index (χ1n) is 8.42. The Morgan fingerprint density at radius 2 is 1.86 bits per heavy atom. The zero-order valence-corrected chi connectivity index (χ0v) is 14.8. The number of ether oxygens (including phenoxy) is 1. The van der Waals surface area contributed by atoms with E-state index in [-0.39, 0.29) is 11.6 Å². The van der Waals surface area contributed by atoms with E-state index in [4.69, 9.17) is 13.6 Å². The quantitative estimate of drug-likeness (QED) is 0.533. The number of amides is 1. The Kier molecular flexibility index (Phi) is 4.59. The van der Waals surface area contributed by atoms with Crippen LogP contribution in [0.1, 0.15) is 21.8 Å². The third kappa shape index (κ3) is 3.61. The number of rotatable bonds is 5. The van der Waals surface area contributed by atoms with Gasteiger partial charge in [-0.3, -0.25) is 10.1 Å². The molecule has 0 aliphatic rings. The smallest absolute Gasteiger partial charge is 0.349 e. The van der Waals surface area contributed by atoms with Crippen molar-refractivity contribution < 1.29 is 18.4 Å². The molecular weight excluding hydrogens is 362 g/mol. The van der Waals surface area contributed by atoms with Gasteiger partial charge in [0.25, 0.3) is 5.91 Å². The van der Waals surface area contributed by atoms with Crippen molar-refractivity contribution in [3.63, 3.8) is 0 Å². The van der Waals surface area contributed by atoms with E-state index in [1.807, 2.05) is 24.3 Å². The summed E-state index contributed by atoms with van der Waals surface area (Å²) in [6.45, 7) is 0. The topological polar surface area (TPSA) is 107 Å². The number of fused-ring (bicyclic) bond motifs is 1. The number of anilines is 1. The number of nitrogens with one attached hydrogen (secondary N) is 1. The lowest BCUT2D eigenvalue weighted by Crippen LogP contribution is -2.20. The van der Waals surface area contributed by atoms with Gasteiger partial charge in [-0.1, -0.05) is 35.4 Å². The Balaban J connectivity index is 1.49. The Morgan fingerprint density at radius 3 is 2.64 bits per heavy atom. The van der Waals surface area contributed by atoms with Gasteiger partial charge in [-0.15, -0.1) is 5.10 Å². The molecule has 4 aromatic rings. The van der Waals surface area contributed by atoms with Crippen LogP contribution >= 0.6 is 0 Å². The minimum atomic E-state index is -0.742. The van der Waals surface area contributed by atoms with Crippen LogP contribution in [0.3, 0.4) is 0 Å². The van der Waals surface area contributed by atoms with Crippen molar-refractivity contribution in [2.75, 3.05) is 12.4 Å². The fraction of sp³-hybridized carbons (Fsp3) is 0.100. The van der Waals surface area contributed by atoms with Crippen LogP contribution in [0.25, 0.3) is 11.0 Å². The van der Waals surface area contributed by atoms with Gasteiger partial charge in [0.05, 0.1) is 13.5 Å². The van der Waals surface area contributed by atoms with Crippen LogP contribution in [0.5, 0.6) is 5.75 Å². The second-order valence-electron chi connectivity index (χ2n) is 5.97. The molecule has 0 spiro atoms. The number of benzene rings is 2. The first-order chi connectivity index (χ1) is 13.6. The molecule has 0 fully saturated rings. The third-order valence-electron chi connectivity index (χ3n) is 4.09. The molecule has 1 N–H and O–H groups in total. The standard InChI is InChI=1S/C20H15N3O5/c1-26-14-8-6-12(7-9-14)10-17-22-23-20(28-17)21-18(24)15-11-13-4-2-3-5-16(13)27-19(15)25/h2-9,11H,10H2,1H3,(H,21,23,24). The van der Waals surface area contributed by atoms with E-state index in [1.165, 1.54) is 6.07 Å². The average Bonchev–Trinajstić information content (AvgIpc) is 3.14. The predicted octanol–water partition coefficient (Wildman–Crippen LogP) is 3.03. The van der Waals surface area contributed by atoms with Crippen molar-refractivity contribution in [2.24, 2.45) is 0 Å². The Morgan fingerprint density at radius 1 is 1.07 bits per heavy atom. The number of carbonyl (C=O) groups is 1. The molecule has 0 aliphatic heterocycles. The second kappa shape index (κ2) is 7.36. The highest BCUT2D eigenvalue weighted by Crippen LogP contribution is 2.17. The molecule has 4 rings (SSSR count). The molecule has 0 unspecified atom stereocenters. The Bertz CT molecular complexity index is 1190. The van der Waals surface area contributed by atoms with Gasteiger partial charge < -0.3 is 13.6 Å². The first-order valence-corrected chi connectivity index (χ1v) is 8.42. The molecule has 0 bridgehead atoms. The van der Waals surface area contributed by atoms with Gasteiger partial charge in [0.15, 0.2) is 0 Å². The monoisotopic (exact) mass is 377 g/mol. The van der Waals surface area contributed by atoms with Gasteiger partial charge in [0.2, 0.25) is 5.89 Å². The number of hydrogen-bond acceptors (Lipinski definition) is 7. The summed E-state index contributed by atoms with van der Waals surface area (Å²) in [4.78, 5) is 24.5. The molecule has 2 aromatic heterocycles. The summed E-state index contributed by atoms with van der Waals surface area (Å²) >= 11 is 0. The number of carbonyl (C=O) groups excluding carboxylic acids is 1. The van der Waals surface area contributed by atoms with E-state index in [2.05, 4.69) is 15.5 Å². The molecule has 8 nitrogen and oxygen atoms in total. The van der Waals surface area contributed by atoms with Crippen molar-refractivity contribution in [3.8, 4) is 5.75 Å². The minimum Gasteiger partial charge on any atom is -0.497 e. The number of hydrogen-bond donors (Lipinski definition) is 1. The molecular formula is C20H15N3O5. The number of para-hydroxylation sites is 1. The van der Waals surface area contributed by atoms with E-state index in [9.17, 15) is 9.59 Å². The second-order valence-corrected chi connectivity index (χ2v) is 5.97. The molecule has 140 valence electrons. The molecule has 8 heteroatoms. The van der Waals surface area contributed by atoms with Gasteiger partial charge in [-0.2, -0.15) is 0 Å². The van der Waals surface area contributed by atoms with Crippen molar-refractivity contribution in [1.29, 1.82) is 0 Å². The lowest BCUT2D eigenvalue weighted by atomic mass is 10.1. The molecule has 0 atom stereocenters. The SMILES string of the molecule is COc1ccc(Cc2nnc(NC(=O)c3cc4ccccc4oc3=O)o2)cc1. The maximum atomic E-state index is 12.4. The highest BCUT2D eigenvalue weighted by atomic mass is 16.5. The normalized spacial score (nSPS) is 10.8. The third-order valence-corrected chi connectivity index (χ3v) is 4.09. The van der Waals surface area contributed by atoms with Crippen LogP contribution in [0.4, 0.5) is 6.01 Å². The summed E-state index contributed by atoms with van der Waals surface area (Å²) in [5.74, 6) is 0.390. The van der Waals surface area contributed by atoms with E-state index < -0.39 is 11.5 Å². The summed E-state index contributed by atoms with van der Waals surface area (Å²) in [5, 5.41) is 10.8. The molecule has 0 aliphatic carbocycles. The van der Waals surface area contributed by atoms with E-state index in [0.717, 1.165) is 11.3 Å². The Labute approximate surface area is 158 Å². The highest BCUT2D eigenvalue weighted by molar-refractivity contribution is 6.04. The largest absolute Gasteiger partial charge is 0.497 e. The van der Waals surface area contributed by atoms with Crippen LogP contribution in [0.2, 0.25) is 0 Å². The van der Waals surface area contributed by atoms with Crippen molar-refractivity contribution in [1.82, 2.24) is 10.2 Å². The maximum absolute atomic E-state index is 12.4. The van der Waals surface area contributed by atoms with Gasteiger partial charge in [-0.25, -0.2) is 4.79 Å². The van der Waals surface area contributed by atoms with Gasteiger partial charge in [0.1, 0.15) is 16.9 Å². The van der Waals surface area contributed by atoms with Crippen molar-refractivity contribution in [3.05, 3.63) is 82.0 Å². The molecule has 2 heterocycles. The fourth-order valence-corrected chi connectivity index (χ4v) is 2.68. The van der Waals surface area contributed by atoms with Crippen LogP contribution in [-0.4, -0.2) is 23.2 Å². The summed E-state index contributed by atoms with van der Waals surface area (Å²) < 4.78 is 15.7. The van der Waals surface area contributed by atoms with E-state index in [1.54, 1.807) is 31.4 Å². The van der Waals surface area contributed by atoms with Crippen LogP contribution in [0, 0.1) is 0 Å². The lowest BCUT2D eigenvalue weighted by Gasteiger charge is -2.02. The molecule has 28 heavy (non-hydrogen) atoms. The molecule has 2 aromatic carbocycles. The zero-order chi connectivity index (χ0) is 19.5. The van der Waals surface area contributed by atoms with Crippen LogP contribution in [0.15, 0.2) is 68.2 Å².